The number of nitrogens with zero attached hydrogens (tertiary/aromatic N) is 3. The lowest BCUT2D eigenvalue weighted by Gasteiger charge is -2.40. The molecule has 5 rings (SSSR count). The molecule has 1 unspecified atom stereocenters. The predicted molar refractivity (Wildman–Crippen MR) is 142 cm³/mol. The van der Waals surface area contributed by atoms with E-state index in [1.807, 2.05) is 31.3 Å². The van der Waals surface area contributed by atoms with E-state index in [2.05, 4.69) is 40.1 Å². The van der Waals surface area contributed by atoms with E-state index >= 15 is 0 Å². The molecule has 1 aromatic heterocycles. The highest BCUT2D eigenvalue weighted by Crippen LogP contribution is 2.34. The molecule has 1 amide bonds. The molecule has 36 heavy (non-hydrogen) atoms. The molecular formula is C30H37N3O3. The SMILES string of the molecule is COc1cccc(CC(C2CCN(Cc3ccc4cccc(OC)c4n3)CC2)N(C)C(=O)C2CC2)c1. The van der Waals surface area contributed by atoms with Gasteiger partial charge in [-0.15, -0.1) is 0 Å². The first-order valence-corrected chi connectivity index (χ1v) is 13.1. The first-order chi connectivity index (χ1) is 17.6. The molecule has 2 aliphatic rings. The second-order valence-corrected chi connectivity index (χ2v) is 10.3. The summed E-state index contributed by atoms with van der Waals surface area (Å²) < 4.78 is 11.0. The Morgan fingerprint density at radius 3 is 2.53 bits per heavy atom. The number of methoxy groups -OCH3 is 2. The van der Waals surface area contributed by atoms with Crippen molar-refractivity contribution >= 4 is 16.8 Å². The lowest BCUT2D eigenvalue weighted by molar-refractivity contribution is -0.134. The number of amides is 1. The summed E-state index contributed by atoms with van der Waals surface area (Å²) in [5.74, 6) is 2.72. The summed E-state index contributed by atoms with van der Waals surface area (Å²) in [6.45, 7) is 2.85. The Hall–Kier alpha value is -3.12. The molecule has 3 aromatic rings. The van der Waals surface area contributed by atoms with Gasteiger partial charge in [0.2, 0.25) is 5.91 Å². The van der Waals surface area contributed by atoms with E-state index in [1.54, 1.807) is 14.2 Å². The number of hydrogen-bond acceptors (Lipinski definition) is 5. The van der Waals surface area contributed by atoms with E-state index in [0.717, 1.165) is 79.8 Å². The molecule has 6 nitrogen and oxygen atoms in total. The van der Waals surface area contributed by atoms with Crippen molar-refractivity contribution in [2.45, 2.75) is 44.7 Å². The molecule has 1 saturated carbocycles. The minimum absolute atomic E-state index is 0.204. The van der Waals surface area contributed by atoms with Gasteiger partial charge in [0, 0.05) is 30.9 Å². The summed E-state index contributed by atoms with van der Waals surface area (Å²) in [6, 6.07) is 18.8. The number of para-hydroxylation sites is 1. The van der Waals surface area contributed by atoms with E-state index in [1.165, 1.54) is 5.56 Å². The lowest BCUT2D eigenvalue weighted by Crippen LogP contribution is -2.47. The van der Waals surface area contributed by atoms with Crippen molar-refractivity contribution < 1.29 is 14.3 Å². The Kier molecular flexibility index (Phi) is 7.42. The third-order valence-electron chi connectivity index (χ3n) is 7.87. The molecule has 1 atom stereocenters. The Labute approximate surface area is 214 Å². The number of carbonyl (C=O) groups is 1. The van der Waals surface area contributed by atoms with E-state index in [0.29, 0.717) is 11.8 Å². The zero-order chi connectivity index (χ0) is 25.1. The number of carbonyl (C=O) groups excluding carboxylic acids is 1. The number of benzene rings is 2. The largest absolute Gasteiger partial charge is 0.497 e. The van der Waals surface area contributed by atoms with Crippen LogP contribution in [0.2, 0.25) is 0 Å². The highest BCUT2D eigenvalue weighted by atomic mass is 16.5. The van der Waals surface area contributed by atoms with Gasteiger partial charge in [-0.2, -0.15) is 0 Å². The summed E-state index contributed by atoms with van der Waals surface area (Å²) in [7, 11) is 5.42. The van der Waals surface area contributed by atoms with E-state index in [-0.39, 0.29) is 12.0 Å². The van der Waals surface area contributed by atoms with Crippen LogP contribution in [0.15, 0.2) is 54.6 Å². The summed E-state index contributed by atoms with van der Waals surface area (Å²) in [5.41, 5.74) is 3.22. The van der Waals surface area contributed by atoms with Gasteiger partial charge in [0.15, 0.2) is 0 Å². The fourth-order valence-corrected chi connectivity index (χ4v) is 5.58. The number of rotatable bonds is 9. The lowest BCUT2D eigenvalue weighted by atomic mass is 9.84. The topological polar surface area (TPSA) is 54.9 Å². The molecule has 190 valence electrons. The van der Waals surface area contributed by atoms with Gasteiger partial charge in [0.1, 0.15) is 17.0 Å². The van der Waals surface area contributed by atoms with Crippen molar-refractivity contribution in [1.82, 2.24) is 14.8 Å². The van der Waals surface area contributed by atoms with Gasteiger partial charge in [-0.05, 0) is 80.9 Å². The molecule has 2 fully saturated rings. The Morgan fingerprint density at radius 1 is 1.03 bits per heavy atom. The maximum atomic E-state index is 13.0. The molecule has 2 heterocycles. The average molecular weight is 488 g/mol. The summed E-state index contributed by atoms with van der Waals surface area (Å²) in [5, 5.41) is 1.10. The standard InChI is InChI=1S/C30H37N3O3/c1-32(30(34)24-10-11-24)27(19-21-6-4-8-26(18-21)35-2)22-14-16-33(17-15-22)20-25-13-12-23-7-5-9-28(36-3)29(23)31-25/h4-9,12-13,18,22,24,27H,10-11,14-17,19-20H2,1-3H3. The average Bonchev–Trinajstić information content (AvgIpc) is 3.77. The summed E-state index contributed by atoms with van der Waals surface area (Å²) in [4.78, 5) is 22.5. The van der Waals surface area contributed by atoms with Crippen LogP contribution in [0.25, 0.3) is 10.9 Å². The number of piperidine rings is 1. The third kappa shape index (κ3) is 5.49. The van der Waals surface area contributed by atoms with Crippen molar-refractivity contribution in [2.75, 3.05) is 34.4 Å². The second kappa shape index (κ2) is 10.9. The number of ether oxygens (including phenoxy) is 2. The van der Waals surface area contributed by atoms with Crippen LogP contribution in [-0.2, 0) is 17.8 Å². The number of aromatic nitrogens is 1. The zero-order valence-electron chi connectivity index (χ0n) is 21.7. The van der Waals surface area contributed by atoms with Gasteiger partial charge in [0.25, 0.3) is 0 Å². The first kappa shape index (κ1) is 24.6. The number of hydrogen-bond donors (Lipinski definition) is 0. The smallest absolute Gasteiger partial charge is 0.225 e. The van der Waals surface area contributed by atoms with Gasteiger partial charge in [-0.3, -0.25) is 9.69 Å². The molecule has 1 aliphatic heterocycles. The van der Waals surface area contributed by atoms with Gasteiger partial charge >= 0.3 is 0 Å². The van der Waals surface area contributed by atoms with Crippen LogP contribution in [0, 0.1) is 11.8 Å². The van der Waals surface area contributed by atoms with Gasteiger partial charge in [-0.1, -0.05) is 30.3 Å². The van der Waals surface area contributed by atoms with Crippen molar-refractivity contribution in [3.05, 3.63) is 65.9 Å². The molecule has 2 aromatic carbocycles. The van der Waals surface area contributed by atoms with Crippen LogP contribution in [0.1, 0.15) is 36.9 Å². The summed E-state index contributed by atoms with van der Waals surface area (Å²) >= 11 is 0. The predicted octanol–water partition coefficient (Wildman–Crippen LogP) is 4.94. The first-order valence-electron chi connectivity index (χ1n) is 13.1. The third-order valence-corrected chi connectivity index (χ3v) is 7.87. The van der Waals surface area contributed by atoms with Crippen LogP contribution in [0.3, 0.4) is 0 Å². The maximum Gasteiger partial charge on any atom is 0.225 e. The quantitative estimate of drug-likeness (QED) is 0.428. The Bertz CT molecular complexity index is 1200. The monoisotopic (exact) mass is 487 g/mol. The molecule has 0 N–H and O–H groups in total. The minimum Gasteiger partial charge on any atom is -0.497 e. The molecule has 1 aliphatic carbocycles. The number of pyridine rings is 1. The van der Waals surface area contributed by atoms with Crippen molar-refractivity contribution in [1.29, 1.82) is 0 Å². The van der Waals surface area contributed by atoms with Gasteiger partial charge < -0.3 is 14.4 Å². The number of likely N-dealkylation sites (N-methyl/N-ethyl adjacent to an activating group) is 1. The fourth-order valence-electron chi connectivity index (χ4n) is 5.58. The van der Waals surface area contributed by atoms with Crippen LogP contribution in [0.5, 0.6) is 11.5 Å². The minimum atomic E-state index is 0.204. The zero-order valence-corrected chi connectivity index (χ0v) is 21.7. The van der Waals surface area contributed by atoms with Crippen LogP contribution >= 0.6 is 0 Å². The summed E-state index contributed by atoms with van der Waals surface area (Å²) in [6.07, 6.45) is 5.10. The normalized spacial score (nSPS) is 17.6. The molecular weight excluding hydrogens is 450 g/mol. The Balaban J connectivity index is 1.27. The van der Waals surface area contributed by atoms with Gasteiger partial charge in [0.05, 0.1) is 19.9 Å². The van der Waals surface area contributed by atoms with E-state index < -0.39 is 0 Å². The van der Waals surface area contributed by atoms with E-state index in [4.69, 9.17) is 14.5 Å². The molecule has 0 bridgehead atoms. The number of likely N-dealkylation sites (tertiary alicyclic amines) is 1. The van der Waals surface area contributed by atoms with Crippen molar-refractivity contribution in [3.8, 4) is 11.5 Å². The number of fused-ring (bicyclic) bond motifs is 1. The van der Waals surface area contributed by atoms with Crippen LogP contribution in [0.4, 0.5) is 0 Å². The fraction of sp³-hybridized carbons (Fsp3) is 0.467. The van der Waals surface area contributed by atoms with Gasteiger partial charge in [-0.25, -0.2) is 4.98 Å². The highest BCUT2D eigenvalue weighted by Gasteiger charge is 2.38. The molecule has 1 saturated heterocycles. The molecule has 0 radical (unpaired) electrons. The Morgan fingerprint density at radius 2 is 1.81 bits per heavy atom. The van der Waals surface area contributed by atoms with Crippen molar-refractivity contribution in [3.63, 3.8) is 0 Å². The van der Waals surface area contributed by atoms with Crippen LogP contribution < -0.4 is 9.47 Å². The van der Waals surface area contributed by atoms with Crippen LogP contribution in [-0.4, -0.2) is 61.1 Å². The highest BCUT2D eigenvalue weighted by molar-refractivity contribution is 5.84. The van der Waals surface area contributed by atoms with Crippen molar-refractivity contribution in [2.24, 2.45) is 11.8 Å². The second-order valence-electron chi connectivity index (χ2n) is 10.3. The maximum absolute atomic E-state index is 13.0. The molecule has 0 spiro atoms. The molecule has 6 heteroatoms. The van der Waals surface area contributed by atoms with E-state index in [9.17, 15) is 4.79 Å².